The molecule has 21 heavy (non-hydrogen) atoms. The third kappa shape index (κ3) is 2.86. The van der Waals surface area contributed by atoms with Crippen LogP contribution in [0.3, 0.4) is 0 Å². The summed E-state index contributed by atoms with van der Waals surface area (Å²) in [5, 5.41) is 5.39. The van der Waals surface area contributed by atoms with Crippen LogP contribution < -0.4 is 5.32 Å². The molecule has 1 unspecified atom stereocenters. The molecule has 3 rings (SSSR count). The van der Waals surface area contributed by atoms with Crippen LogP contribution in [-0.4, -0.2) is 6.54 Å². The van der Waals surface area contributed by atoms with Gasteiger partial charge < -0.3 is 5.32 Å². The Morgan fingerprint density at radius 1 is 1.14 bits per heavy atom. The Morgan fingerprint density at radius 2 is 1.95 bits per heavy atom. The Kier molecular flexibility index (Phi) is 4.35. The maximum absolute atomic E-state index is 14.0. The zero-order valence-corrected chi connectivity index (χ0v) is 12.5. The summed E-state index contributed by atoms with van der Waals surface area (Å²) >= 11 is 0. The highest BCUT2D eigenvalue weighted by Crippen LogP contribution is 2.35. The van der Waals surface area contributed by atoms with E-state index in [9.17, 15) is 4.39 Å². The minimum Gasteiger partial charge on any atom is -0.307 e. The fraction of sp³-hybridized carbons (Fsp3) is 0.368. The summed E-state index contributed by atoms with van der Waals surface area (Å²) in [6.45, 7) is 3.16. The highest BCUT2D eigenvalue weighted by atomic mass is 19.1. The van der Waals surface area contributed by atoms with Gasteiger partial charge >= 0.3 is 0 Å². The maximum atomic E-state index is 14.0. The molecule has 1 nitrogen and oxygen atoms in total. The Bertz CT molecular complexity index is 660. The van der Waals surface area contributed by atoms with E-state index < -0.39 is 0 Å². The second kappa shape index (κ2) is 6.40. The van der Waals surface area contributed by atoms with Gasteiger partial charge in [0.15, 0.2) is 0 Å². The molecule has 0 aromatic heterocycles. The van der Waals surface area contributed by atoms with Gasteiger partial charge in [0, 0.05) is 5.39 Å². The summed E-state index contributed by atoms with van der Waals surface area (Å²) in [5.41, 5.74) is 2.66. The zero-order chi connectivity index (χ0) is 14.7. The van der Waals surface area contributed by atoms with E-state index in [-0.39, 0.29) is 11.9 Å². The van der Waals surface area contributed by atoms with E-state index in [2.05, 4.69) is 18.3 Å². The summed E-state index contributed by atoms with van der Waals surface area (Å²) in [5.74, 6) is -0.135. The molecule has 0 radical (unpaired) electrons. The van der Waals surface area contributed by atoms with Crippen molar-refractivity contribution in [3.05, 3.63) is 59.4 Å². The van der Waals surface area contributed by atoms with E-state index in [1.807, 2.05) is 30.3 Å². The average molecular weight is 283 g/mol. The van der Waals surface area contributed by atoms with Crippen molar-refractivity contribution in [3.8, 4) is 0 Å². The van der Waals surface area contributed by atoms with Gasteiger partial charge in [-0.15, -0.1) is 0 Å². The number of benzene rings is 2. The van der Waals surface area contributed by atoms with Gasteiger partial charge in [0.05, 0.1) is 6.04 Å². The quantitative estimate of drug-likeness (QED) is 0.750. The highest BCUT2D eigenvalue weighted by molar-refractivity contribution is 5.87. The summed E-state index contributed by atoms with van der Waals surface area (Å²) < 4.78 is 14.0. The normalized spacial score (nSPS) is 16.2. The lowest BCUT2D eigenvalue weighted by atomic mass is 9.93. The van der Waals surface area contributed by atoms with Crippen molar-refractivity contribution in [1.29, 1.82) is 0 Å². The smallest absolute Gasteiger partial charge is 0.131 e. The molecule has 1 N–H and O–H groups in total. The van der Waals surface area contributed by atoms with Gasteiger partial charge in [-0.05, 0) is 49.2 Å². The van der Waals surface area contributed by atoms with E-state index in [0.29, 0.717) is 0 Å². The van der Waals surface area contributed by atoms with Crippen LogP contribution >= 0.6 is 0 Å². The lowest BCUT2D eigenvalue weighted by Crippen LogP contribution is -2.23. The van der Waals surface area contributed by atoms with E-state index in [4.69, 9.17) is 0 Å². The molecule has 2 heteroatoms. The van der Waals surface area contributed by atoms with Crippen LogP contribution in [0.1, 0.15) is 44.2 Å². The fourth-order valence-electron chi connectivity index (χ4n) is 3.22. The van der Waals surface area contributed by atoms with Crippen molar-refractivity contribution in [2.45, 2.75) is 38.6 Å². The summed E-state index contributed by atoms with van der Waals surface area (Å²) in [6, 6.07) is 11.6. The second-order valence-electron chi connectivity index (χ2n) is 5.74. The molecule has 110 valence electrons. The van der Waals surface area contributed by atoms with Crippen molar-refractivity contribution in [1.82, 2.24) is 5.32 Å². The topological polar surface area (TPSA) is 12.0 Å². The molecule has 2 aromatic carbocycles. The lowest BCUT2D eigenvalue weighted by molar-refractivity contribution is 0.580. The number of nitrogens with one attached hydrogen (secondary N) is 1. The minimum atomic E-state index is -0.135. The first-order chi connectivity index (χ1) is 10.3. The highest BCUT2D eigenvalue weighted by Gasteiger charge is 2.20. The van der Waals surface area contributed by atoms with Crippen molar-refractivity contribution in [2.75, 3.05) is 6.54 Å². The van der Waals surface area contributed by atoms with Crippen molar-refractivity contribution < 1.29 is 4.39 Å². The molecule has 1 aliphatic rings. The first-order valence-electron chi connectivity index (χ1n) is 7.90. The summed E-state index contributed by atoms with van der Waals surface area (Å²) in [6.07, 6.45) is 7.00. The molecule has 0 saturated heterocycles. The van der Waals surface area contributed by atoms with Crippen molar-refractivity contribution in [2.24, 2.45) is 0 Å². The second-order valence-corrected chi connectivity index (χ2v) is 5.74. The standard InChI is InChI=1S/C19H22FN/c1-2-13-21-19(14-7-3-4-8-14)17-11-12-18(20)16-10-6-5-9-15(16)17/h5-7,9-12,19,21H,2-4,8,13H2,1H3. The zero-order valence-electron chi connectivity index (χ0n) is 12.5. The predicted molar refractivity (Wildman–Crippen MR) is 86.9 cm³/mol. The molecule has 0 aliphatic heterocycles. The largest absolute Gasteiger partial charge is 0.307 e. The number of halogens is 1. The molecule has 1 atom stereocenters. The first-order valence-corrected chi connectivity index (χ1v) is 7.90. The number of hydrogen-bond acceptors (Lipinski definition) is 1. The van der Waals surface area contributed by atoms with E-state index >= 15 is 0 Å². The average Bonchev–Trinajstić information content (AvgIpc) is 3.04. The van der Waals surface area contributed by atoms with E-state index in [0.717, 1.165) is 30.2 Å². The Labute approximate surface area is 125 Å². The molecule has 0 spiro atoms. The van der Waals surface area contributed by atoms with E-state index in [1.165, 1.54) is 24.0 Å². The number of rotatable bonds is 5. The summed E-state index contributed by atoms with van der Waals surface area (Å²) in [4.78, 5) is 0. The maximum Gasteiger partial charge on any atom is 0.131 e. The minimum absolute atomic E-state index is 0.135. The van der Waals surface area contributed by atoms with Crippen LogP contribution in [0.4, 0.5) is 4.39 Å². The molecule has 0 bridgehead atoms. The lowest BCUT2D eigenvalue weighted by Gasteiger charge is -2.22. The first kappa shape index (κ1) is 14.3. The van der Waals surface area contributed by atoms with Crippen LogP contribution in [0.5, 0.6) is 0 Å². The molecular weight excluding hydrogens is 261 g/mol. The molecule has 2 aromatic rings. The molecule has 1 aliphatic carbocycles. The van der Waals surface area contributed by atoms with Crippen LogP contribution in [0.15, 0.2) is 48.0 Å². The predicted octanol–water partition coefficient (Wildman–Crippen LogP) is 5.13. The Morgan fingerprint density at radius 3 is 2.67 bits per heavy atom. The van der Waals surface area contributed by atoms with Gasteiger partial charge in [-0.2, -0.15) is 0 Å². The van der Waals surface area contributed by atoms with E-state index in [1.54, 1.807) is 6.07 Å². The van der Waals surface area contributed by atoms with Crippen molar-refractivity contribution in [3.63, 3.8) is 0 Å². The molecule has 0 amide bonds. The van der Waals surface area contributed by atoms with Crippen LogP contribution in [0.25, 0.3) is 10.8 Å². The van der Waals surface area contributed by atoms with Gasteiger partial charge in [-0.1, -0.05) is 48.9 Å². The van der Waals surface area contributed by atoms with Crippen LogP contribution in [0.2, 0.25) is 0 Å². The van der Waals surface area contributed by atoms with Crippen LogP contribution in [-0.2, 0) is 0 Å². The van der Waals surface area contributed by atoms with Gasteiger partial charge in [-0.3, -0.25) is 0 Å². The molecular formula is C19H22FN. The third-order valence-electron chi connectivity index (χ3n) is 4.26. The SMILES string of the molecule is CCCNC(C1=CCCC1)c1ccc(F)c2ccccc12. The summed E-state index contributed by atoms with van der Waals surface area (Å²) in [7, 11) is 0. The van der Waals surface area contributed by atoms with Crippen molar-refractivity contribution >= 4 is 10.8 Å². The molecule has 0 heterocycles. The molecule has 0 saturated carbocycles. The van der Waals surface area contributed by atoms with Gasteiger partial charge in [0.1, 0.15) is 5.82 Å². The number of allylic oxidation sites excluding steroid dienone is 1. The van der Waals surface area contributed by atoms with Gasteiger partial charge in [0.25, 0.3) is 0 Å². The van der Waals surface area contributed by atoms with Gasteiger partial charge in [-0.25, -0.2) is 4.39 Å². The number of hydrogen-bond donors (Lipinski definition) is 1. The fourth-order valence-corrected chi connectivity index (χ4v) is 3.22. The number of fused-ring (bicyclic) bond motifs is 1. The Balaban J connectivity index is 2.08. The Hall–Kier alpha value is -1.67. The third-order valence-corrected chi connectivity index (χ3v) is 4.26. The monoisotopic (exact) mass is 283 g/mol. The van der Waals surface area contributed by atoms with Crippen LogP contribution in [0, 0.1) is 5.82 Å². The van der Waals surface area contributed by atoms with Gasteiger partial charge in [0.2, 0.25) is 0 Å². The molecule has 0 fully saturated rings.